The minimum atomic E-state index is -0.403. The summed E-state index contributed by atoms with van der Waals surface area (Å²) < 4.78 is 20.0. The number of nitrogens with zero attached hydrogens (tertiary/aromatic N) is 3. The number of aromatic nitrogens is 3. The van der Waals surface area contributed by atoms with Crippen LogP contribution in [0.4, 0.5) is 4.39 Å². The minimum absolute atomic E-state index is 0.172. The Morgan fingerprint density at radius 2 is 1.58 bits per heavy atom. The van der Waals surface area contributed by atoms with Gasteiger partial charge >= 0.3 is 0 Å². The lowest BCUT2D eigenvalue weighted by molar-refractivity contribution is 0.0945. The zero-order chi connectivity index (χ0) is 24.9. The van der Waals surface area contributed by atoms with Gasteiger partial charge in [0.05, 0.1) is 11.9 Å². The number of rotatable bonds is 7. The molecule has 0 bridgehead atoms. The van der Waals surface area contributed by atoms with E-state index in [0.717, 1.165) is 11.1 Å². The Morgan fingerprint density at radius 3 is 2.31 bits per heavy atom. The number of amides is 1. The molecule has 5 aromatic rings. The average molecular weight is 480 g/mol. The van der Waals surface area contributed by atoms with Gasteiger partial charge in [0.1, 0.15) is 11.6 Å². The normalized spacial score (nSPS) is 10.8. The Balaban J connectivity index is 1.33. The number of hydrogen-bond donors (Lipinski definition) is 1. The molecule has 1 N–H and O–H groups in total. The number of ether oxygens (including phenoxy) is 1. The first-order chi connectivity index (χ1) is 17.6. The van der Waals surface area contributed by atoms with Crippen LogP contribution in [0.1, 0.15) is 21.6 Å². The van der Waals surface area contributed by atoms with E-state index in [9.17, 15) is 14.0 Å². The van der Waals surface area contributed by atoms with E-state index in [0.29, 0.717) is 22.4 Å². The highest BCUT2D eigenvalue weighted by atomic mass is 19.1. The fourth-order valence-electron chi connectivity index (χ4n) is 3.73. The summed E-state index contributed by atoms with van der Waals surface area (Å²) in [6.07, 6.45) is 1.58. The highest BCUT2D eigenvalue weighted by molar-refractivity contribution is 6.04. The van der Waals surface area contributed by atoms with Crippen molar-refractivity contribution in [2.24, 2.45) is 0 Å². The van der Waals surface area contributed by atoms with Crippen molar-refractivity contribution in [3.63, 3.8) is 0 Å². The fourth-order valence-corrected chi connectivity index (χ4v) is 3.73. The van der Waals surface area contributed by atoms with Crippen molar-refractivity contribution in [3.05, 3.63) is 130 Å². The second-order valence-corrected chi connectivity index (χ2v) is 8.09. The Morgan fingerprint density at radius 1 is 0.861 bits per heavy atom. The van der Waals surface area contributed by atoms with Crippen LogP contribution in [0, 0.1) is 5.82 Å². The largest absolute Gasteiger partial charge is 0.439 e. The molecule has 5 rings (SSSR count). The molecule has 36 heavy (non-hydrogen) atoms. The zero-order valence-corrected chi connectivity index (χ0v) is 19.1. The molecule has 7 nitrogen and oxygen atoms in total. The first-order valence-corrected chi connectivity index (χ1v) is 11.3. The third kappa shape index (κ3) is 5.12. The van der Waals surface area contributed by atoms with Crippen molar-refractivity contribution in [2.45, 2.75) is 13.1 Å². The molecular formula is C28H21FN4O3. The van der Waals surface area contributed by atoms with E-state index in [1.165, 1.54) is 28.9 Å². The van der Waals surface area contributed by atoms with E-state index in [-0.39, 0.29) is 30.2 Å². The summed E-state index contributed by atoms with van der Waals surface area (Å²) in [4.78, 5) is 30.4. The molecule has 0 unspecified atom stereocenters. The topological polar surface area (TPSA) is 86.1 Å². The Bertz CT molecular complexity index is 1570. The van der Waals surface area contributed by atoms with Gasteiger partial charge in [-0.2, -0.15) is 5.10 Å². The van der Waals surface area contributed by atoms with Crippen LogP contribution in [0.25, 0.3) is 10.8 Å². The van der Waals surface area contributed by atoms with Gasteiger partial charge in [-0.1, -0.05) is 54.6 Å². The number of hydrogen-bond acceptors (Lipinski definition) is 5. The zero-order valence-electron chi connectivity index (χ0n) is 19.1. The van der Waals surface area contributed by atoms with Gasteiger partial charge in [-0.05, 0) is 41.5 Å². The minimum Gasteiger partial charge on any atom is -0.439 e. The van der Waals surface area contributed by atoms with Gasteiger partial charge in [0.25, 0.3) is 11.5 Å². The highest BCUT2D eigenvalue weighted by Crippen LogP contribution is 2.20. The Hall–Kier alpha value is -4.85. The number of fused-ring (bicyclic) bond motifs is 1. The quantitative estimate of drug-likeness (QED) is 0.365. The van der Waals surface area contributed by atoms with Gasteiger partial charge < -0.3 is 10.1 Å². The van der Waals surface area contributed by atoms with Crippen molar-refractivity contribution < 1.29 is 13.9 Å². The molecule has 2 aromatic heterocycles. The lowest BCUT2D eigenvalue weighted by Crippen LogP contribution is -2.30. The summed E-state index contributed by atoms with van der Waals surface area (Å²) in [5.74, 6) is 0.0599. The smallest absolute Gasteiger partial charge is 0.274 e. The number of halogens is 1. The maximum absolute atomic E-state index is 13.1. The van der Waals surface area contributed by atoms with Gasteiger partial charge in [-0.3, -0.25) is 9.59 Å². The van der Waals surface area contributed by atoms with Gasteiger partial charge in [-0.25, -0.2) is 14.1 Å². The van der Waals surface area contributed by atoms with E-state index < -0.39 is 5.91 Å². The molecule has 0 atom stereocenters. The number of nitrogens with one attached hydrogen (secondary N) is 1. The van der Waals surface area contributed by atoms with Crippen LogP contribution in [-0.2, 0) is 13.1 Å². The molecule has 0 fully saturated rings. The van der Waals surface area contributed by atoms with E-state index >= 15 is 0 Å². The summed E-state index contributed by atoms with van der Waals surface area (Å²) in [5, 5.41) is 8.18. The number of benzene rings is 3. The maximum atomic E-state index is 13.1. The highest BCUT2D eigenvalue weighted by Gasteiger charge is 2.17. The second kappa shape index (κ2) is 10.2. The molecule has 0 aliphatic carbocycles. The van der Waals surface area contributed by atoms with E-state index in [2.05, 4.69) is 15.4 Å². The van der Waals surface area contributed by atoms with Crippen LogP contribution in [0.15, 0.2) is 102 Å². The van der Waals surface area contributed by atoms with E-state index in [1.807, 2.05) is 30.3 Å². The second-order valence-electron chi connectivity index (χ2n) is 8.09. The van der Waals surface area contributed by atoms with E-state index in [4.69, 9.17) is 4.74 Å². The molecule has 178 valence electrons. The van der Waals surface area contributed by atoms with Crippen LogP contribution in [-0.4, -0.2) is 20.7 Å². The molecule has 1 amide bonds. The fraction of sp³-hybridized carbons (Fsp3) is 0.0714. The molecule has 0 aliphatic rings. The molecule has 0 saturated heterocycles. The van der Waals surface area contributed by atoms with Crippen molar-refractivity contribution >= 4 is 16.7 Å². The predicted octanol–water partition coefficient (Wildman–Crippen LogP) is 4.70. The van der Waals surface area contributed by atoms with Gasteiger partial charge in [0, 0.05) is 24.2 Å². The van der Waals surface area contributed by atoms with Crippen LogP contribution in [0.5, 0.6) is 11.6 Å². The number of carbonyl (C=O) groups excluding carboxylic acids is 1. The lowest BCUT2D eigenvalue weighted by atomic mass is 10.1. The van der Waals surface area contributed by atoms with Crippen LogP contribution in [0.2, 0.25) is 0 Å². The lowest BCUT2D eigenvalue weighted by Gasteiger charge is -2.12. The van der Waals surface area contributed by atoms with Gasteiger partial charge in [0.2, 0.25) is 5.88 Å². The molecule has 3 aromatic carbocycles. The Labute approximate surface area is 205 Å². The predicted molar refractivity (Wildman–Crippen MR) is 133 cm³/mol. The summed E-state index contributed by atoms with van der Waals surface area (Å²) >= 11 is 0. The van der Waals surface area contributed by atoms with Crippen molar-refractivity contribution in [2.75, 3.05) is 0 Å². The Kier molecular flexibility index (Phi) is 6.48. The molecule has 0 spiro atoms. The maximum Gasteiger partial charge on any atom is 0.274 e. The number of pyridine rings is 1. The standard InChI is InChI=1S/C28H21FN4O3/c29-21-11-13-22(14-12-21)36-25-15-10-20(16-30-25)17-31-27(34)26-23-8-4-5-9-24(23)28(35)33(32-26)18-19-6-2-1-3-7-19/h1-16H,17-18H2,(H,31,34). The molecule has 0 aliphatic heterocycles. The summed E-state index contributed by atoms with van der Waals surface area (Å²) in [6.45, 7) is 0.459. The molecule has 0 radical (unpaired) electrons. The monoisotopic (exact) mass is 480 g/mol. The molecule has 8 heteroatoms. The van der Waals surface area contributed by atoms with Gasteiger partial charge in [-0.15, -0.1) is 0 Å². The SMILES string of the molecule is O=C(NCc1ccc(Oc2ccc(F)cc2)nc1)c1nn(Cc2ccccc2)c(=O)c2ccccc12. The van der Waals surface area contributed by atoms with Crippen LogP contribution in [0.3, 0.4) is 0 Å². The summed E-state index contributed by atoms with van der Waals surface area (Å²) in [7, 11) is 0. The summed E-state index contributed by atoms with van der Waals surface area (Å²) in [5.41, 5.74) is 1.57. The third-order valence-corrected chi connectivity index (χ3v) is 5.54. The number of carbonyl (C=O) groups is 1. The van der Waals surface area contributed by atoms with E-state index in [1.54, 1.807) is 42.6 Å². The molecular weight excluding hydrogens is 459 g/mol. The van der Waals surface area contributed by atoms with Crippen LogP contribution >= 0.6 is 0 Å². The van der Waals surface area contributed by atoms with Crippen LogP contribution < -0.4 is 15.6 Å². The average Bonchev–Trinajstić information content (AvgIpc) is 2.91. The van der Waals surface area contributed by atoms with Crippen molar-refractivity contribution in [1.29, 1.82) is 0 Å². The van der Waals surface area contributed by atoms with Crippen molar-refractivity contribution in [3.8, 4) is 11.6 Å². The third-order valence-electron chi connectivity index (χ3n) is 5.54. The molecule has 0 saturated carbocycles. The first-order valence-electron chi connectivity index (χ1n) is 11.3. The van der Waals surface area contributed by atoms with Crippen molar-refractivity contribution in [1.82, 2.24) is 20.1 Å². The summed E-state index contributed by atoms with van der Waals surface area (Å²) in [6, 6.07) is 25.5. The first kappa shape index (κ1) is 22.9. The van der Waals surface area contributed by atoms with Gasteiger partial charge in [0.15, 0.2) is 5.69 Å². The molecule has 2 heterocycles.